The van der Waals surface area contributed by atoms with Gasteiger partial charge in [-0.1, -0.05) is 13.0 Å². The van der Waals surface area contributed by atoms with Crippen molar-refractivity contribution >= 4 is 0 Å². The van der Waals surface area contributed by atoms with E-state index in [1.54, 1.807) is 6.92 Å². The number of hydrogen-bond acceptors (Lipinski definition) is 2. The van der Waals surface area contributed by atoms with Crippen molar-refractivity contribution in [3.05, 3.63) is 29.6 Å². The first kappa shape index (κ1) is 14.8. The van der Waals surface area contributed by atoms with E-state index in [0.29, 0.717) is 0 Å². The molecule has 0 saturated carbocycles. The molecule has 0 amide bonds. The predicted octanol–water partition coefficient (Wildman–Crippen LogP) is 3.48. The van der Waals surface area contributed by atoms with Crippen molar-refractivity contribution in [1.82, 2.24) is 4.90 Å². The highest BCUT2D eigenvalue weighted by molar-refractivity contribution is 5.29. The second kappa shape index (κ2) is 5.56. The van der Waals surface area contributed by atoms with Crippen molar-refractivity contribution in [1.29, 1.82) is 0 Å². The maximum atomic E-state index is 13.6. The van der Waals surface area contributed by atoms with Crippen molar-refractivity contribution in [2.24, 2.45) is 0 Å². The summed E-state index contributed by atoms with van der Waals surface area (Å²) < 4.78 is 50.6. The average Bonchev–Trinajstić information content (AvgIpc) is 2.24. The molecule has 1 aromatic rings. The highest BCUT2D eigenvalue weighted by Gasteiger charge is 2.32. The van der Waals surface area contributed by atoms with Crippen LogP contribution >= 0.6 is 0 Å². The summed E-state index contributed by atoms with van der Waals surface area (Å²) in [4.78, 5) is 1.12. The van der Waals surface area contributed by atoms with E-state index >= 15 is 0 Å². The Morgan fingerprint density at radius 2 is 1.94 bits per heavy atom. The number of nitrogens with zero attached hydrogens (tertiary/aromatic N) is 1. The highest BCUT2D eigenvalue weighted by Crippen LogP contribution is 2.28. The van der Waals surface area contributed by atoms with Crippen LogP contribution in [0, 0.1) is 5.82 Å². The molecule has 18 heavy (non-hydrogen) atoms. The zero-order valence-electron chi connectivity index (χ0n) is 10.1. The van der Waals surface area contributed by atoms with Gasteiger partial charge in [0.2, 0.25) is 0 Å². The summed E-state index contributed by atoms with van der Waals surface area (Å²) in [6.45, 7) is 2.15. The number of rotatable bonds is 4. The van der Waals surface area contributed by atoms with Crippen molar-refractivity contribution in [3.63, 3.8) is 0 Å². The van der Waals surface area contributed by atoms with Crippen LogP contribution in [0.5, 0.6) is 5.75 Å². The van der Waals surface area contributed by atoms with E-state index < -0.39 is 24.6 Å². The molecule has 2 nitrogen and oxygen atoms in total. The molecule has 1 rings (SSSR count). The molecule has 0 fully saturated rings. The number of alkyl halides is 3. The van der Waals surface area contributed by atoms with Gasteiger partial charge in [-0.25, -0.2) is 4.39 Å². The third-order valence-electron chi connectivity index (χ3n) is 2.77. The number of phenolic OH excluding ortho intramolecular Hbond substituents is 1. The Bertz CT molecular complexity index is 406. The third kappa shape index (κ3) is 3.87. The van der Waals surface area contributed by atoms with Gasteiger partial charge in [-0.05, 0) is 19.5 Å². The van der Waals surface area contributed by atoms with Gasteiger partial charge in [-0.3, -0.25) is 4.90 Å². The van der Waals surface area contributed by atoms with E-state index in [-0.39, 0.29) is 17.9 Å². The fourth-order valence-corrected chi connectivity index (χ4v) is 1.80. The topological polar surface area (TPSA) is 23.5 Å². The van der Waals surface area contributed by atoms with E-state index in [2.05, 4.69) is 0 Å². The molecule has 1 atom stereocenters. The van der Waals surface area contributed by atoms with Gasteiger partial charge in [0.1, 0.15) is 11.6 Å². The summed E-state index contributed by atoms with van der Waals surface area (Å²) in [5.74, 6) is -0.953. The van der Waals surface area contributed by atoms with Crippen molar-refractivity contribution < 1.29 is 22.7 Å². The van der Waals surface area contributed by atoms with Crippen LogP contribution in [-0.2, 0) is 0 Å². The fourth-order valence-electron chi connectivity index (χ4n) is 1.80. The van der Waals surface area contributed by atoms with Crippen LogP contribution in [0.25, 0.3) is 0 Å². The normalized spacial score (nSPS) is 13.9. The van der Waals surface area contributed by atoms with Crippen LogP contribution < -0.4 is 0 Å². The SMILES string of the molecule is CCN(CC(F)(F)F)C(C)c1ccc(O)cc1F. The van der Waals surface area contributed by atoms with Crippen molar-refractivity contribution in [3.8, 4) is 5.75 Å². The lowest BCUT2D eigenvalue weighted by Gasteiger charge is -2.29. The molecule has 1 aromatic carbocycles. The number of aromatic hydroxyl groups is 1. The van der Waals surface area contributed by atoms with Crippen molar-refractivity contribution in [2.75, 3.05) is 13.1 Å². The molecule has 0 aliphatic rings. The zero-order chi connectivity index (χ0) is 13.9. The summed E-state index contributed by atoms with van der Waals surface area (Å²) in [7, 11) is 0. The van der Waals surface area contributed by atoms with E-state index in [4.69, 9.17) is 5.11 Å². The molecule has 0 aliphatic carbocycles. The number of hydrogen-bond donors (Lipinski definition) is 1. The number of phenols is 1. The highest BCUT2D eigenvalue weighted by atomic mass is 19.4. The van der Waals surface area contributed by atoms with Gasteiger partial charge >= 0.3 is 6.18 Å². The van der Waals surface area contributed by atoms with Crippen LogP contribution in [-0.4, -0.2) is 29.3 Å². The Balaban J connectivity index is 2.93. The van der Waals surface area contributed by atoms with Crippen LogP contribution in [0.4, 0.5) is 17.6 Å². The van der Waals surface area contributed by atoms with Gasteiger partial charge in [0.15, 0.2) is 0 Å². The lowest BCUT2D eigenvalue weighted by molar-refractivity contribution is -0.150. The minimum absolute atomic E-state index is 0.138. The number of halogens is 4. The van der Waals surface area contributed by atoms with Gasteiger partial charge in [0, 0.05) is 17.7 Å². The summed E-state index contributed by atoms with van der Waals surface area (Å²) in [6.07, 6.45) is -4.32. The minimum Gasteiger partial charge on any atom is -0.508 e. The Labute approximate surface area is 103 Å². The summed E-state index contributed by atoms with van der Waals surface area (Å²) in [5.41, 5.74) is 0.138. The monoisotopic (exact) mass is 265 g/mol. The van der Waals surface area contributed by atoms with E-state index in [0.717, 1.165) is 11.0 Å². The predicted molar refractivity (Wildman–Crippen MR) is 59.8 cm³/mol. The quantitative estimate of drug-likeness (QED) is 0.842. The molecule has 0 bridgehead atoms. The fraction of sp³-hybridized carbons (Fsp3) is 0.500. The molecule has 6 heteroatoms. The average molecular weight is 265 g/mol. The zero-order valence-corrected chi connectivity index (χ0v) is 10.1. The molecule has 1 N–H and O–H groups in total. The molecule has 0 aromatic heterocycles. The molecule has 102 valence electrons. The van der Waals surface area contributed by atoms with Crippen LogP contribution in [0.3, 0.4) is 0 Å². The maximum absolute atomic E-state index is 13.6. The largest absolute Gasteiger partial charge is 0.508 e. The molecule has 0 heterocycles. The van der Waals surface area contributed by atoms with E-state index in [1.807, 2.05) is 0 Å². The first-order valence-electron chi connectivity index (χ1n) is 5.53. The van der Waals surface area contributed by atoms with Crippen LogP contribution in [0.2, 0.25) is 0 Å². The molecule has 1 unspecified atom stereocenters. The van der Waals surface area contributed by atoms with Gasteiger partial charge in [0.05, 0.1) is 6.54 Å². The smallest absolute Gasteiger partial charge is 0.401 e. The maximum Gasteiger partial charge on any atom is 0.401 e. The lowest BCUT2D eigenvalue weighted by atomic mass is 10.1. The molecule has 0 spiro atoms. The molecule has 0 aliphatic heterocycles. The summed E-state index contributed by atoms with van der Waals surface area (Å²) >= 11 is 0. The molecule has 0 saturated heterocycles. The van der Waals surface area contributed by atoms with Gasteiger partial charge in [-0.15, -0.1) is 0 Å². The van der Waals surface area contributed by atoms with Gasteiger partial charge in [0.25, 0.3) is 0 Å². The Morgan fingerprint density at radius 1 is 1.33 bits per heavy atom. The molecular formula is C12H15F4NO. The van der Waals surface area contributed by atoms with E-state index in [1.165, 1.54) is 19.1 Å². The third-order valence-corrected chi connectivity index (χ3v) is 2.77. The standard InChI is InChI=1S/C12H15F4NO/c1-3-17(7-12(14,15)16)8(2)10-5-4-9(18)6-11(10)13/h4-6,8,18H,3,7H2,1-2H3. The molecule has 0 radical (unpaired) electrons. The number of benzene rings is 1. The second-order valence-corrected chi connectivity index (χ2v) is 4.06. The first-order valence-corrected chi connectivity index (χ1v) is 5.53. The Morgan fingerprint density at radius 3 is 2.39 bits per heavy atom. The van der Waals surface area contributed by atoms with Crippen LogP contribution in [0.15, 0.2) is 18.2 Å². The Hall–Kier alpha value is -1.30. The molecular weight excluding hydrogens is 250 g/mol. The van der Waals surface area contributed by atoms with E-state index in [9.17, 15) is 17.6 Å². The Kier molecular flexibility index (Phi) is 4.56. The van der Waals surface area contributed by atoms with Crippen molar-refractivity contribution in [2.45, 2.75) is 26.1 Å². The minimum atomic E-state index is -4.32. The lowest BCUT2D eigenvalue weighted by Crippen LogP contribution is -2.36. The van der Waals surface area contributed by atoms with Gasteiger partial charge < -0.3 is 5.11 Å². The summed E-state index contributed by atoms with van der Waals surface area (Å²) in [5, 5.41) is 9.07. The van der Waals surface area contributed by atoms with Crippen LogP contribution in [0.1, 0.15) is 25.5 Å². The summed E-state index contributed by atoms with van der Waals surface area (Å²) in [6, 6.07) is 2.75. The van der Waals surface area contributed by atoms with Gasteiger partial charge in [-0.2, -0.15) is 13.2 Å². The first-order chi connectivity index (χ1) is 8.24. The second-order valence-electron chi connectivity index (χ2n) is 4.06.